The van der Waals surface area contributed by atoms with Crippen LogP contribution in [0.4, 0.5) is 0 Å². The molecule has 1 saturated carbocycles. The van der Waals surface area contributed by atoms with Crippen molar-refractivity contribution in [1.82, 2.24) is 0 Å². The van der Waals surface area contributed by atoms with Crippen molar-refractivity contribution in [3.05, 3.63) is 23.2 Å². The lowest BCUT2D eigenvalue weighted by molar-refractivity contribution is 0.0694. The van der Waals surface area contributed by atoms with Gasteiger partial charge >= 0.3 is 5.97 Å². The molecule has 0 saturated heterocycles. The first-order valence-electron chi connectivity index (χ1n) is 5.44. The summed E-state index contributed by atoms with van der Waals surface area (Å²) >= 11 is 0. The third-order valence-electron chi connectivity index (χ3n) is 2.75. The third kappa shape index (κ3) is 2.22. The number of hydrogen-bond acceptors (Lipinski definition) is 2. The average Bonchev–Trinajstić information content (AvgIpc) is 2.81. The topological polar surface area (TPSA) is 50.4 Å². The highest BCUT2D eigenvalue weighted by atomic mass is 16.4. The van der Waals surface area contributed by atoms with E-state index in [4.69, 9.17) is 9.52 Å². The van der Waals surface area contributed by atoms with Gasteiger partial charge in [-0.3, -0.25) is 0 Å². The van der Waals surface area contributed by atoms with E-state index in [0.717, 1.165) is 18.1 Å². The van der Waals surface area contributed by atoms with E-state index in [1.54, 1.807) is 6.07 Å². The highest BCUT2D eigenvalue weighted by molar-refractivity contribution is 5.89. The highest BCUT2D eigenvalue weighted by Gasteiger charge is 2.26. The molecule has 1 fully saturated rings. The van der Waals surface area contributed by atoms with Crippen LogP contribution in [0.15, 0.2) is 10.5 Å². The van der Waals surface area contributed by atoms with Gasteiger partial charge in [-0.25, -0.2) is 4.79 Å². The largest absolute Gasteiger partial charge is 0.478 e. The van der Waals surface area contributed by atoms with Gasteiger partial charge in [0.2, 0.25) is 0 Å². The van der Waals surface area contributed by atoms with Crippen molar-refractivity contribution in [2.45, 2.75) is 39.0 Å². The van der Waals surface area contributed by atoms with E-state index in [-0.39, 0.29) is 5.92 Å². The van der Waals surface area contributed by atoms with Gasteiger partial charge in [-0.15, -0.1) is 0 Å². The zero-order valence-electron chi connectivity index (χ0n) is 9.12. The quantitative estimate of drug-likeness (QED) is 0.827. The Hall–Kier alpha value is -1.25. The van der Waals surface area contributed by atoms with Gasteiger partial charge in [0, 0.05) is 12.3 Å². The summed E-state index contributed by atoms with van der Waals surface area (Å²) in [5.41, 5.74) is 0.334. The van der Waals surface area contributed by atoms with Crippen LogP contribution >= 0.6 is 0 Å². The fraction of sp³-hybridized carbons (Fsp3) is 0.583. The molecule has 3 heteroatoms. The molecule has 1 heterocycles. The molecule has 0 aliphatic heterocycles. The smallest absolute Gasteiger partial charge is 0.339 e. The minimum absolute atomic E-state index is 0.129. The fourth-order valence-electron chi connectivity index (χ4n) is 1.76. The summed E-state index contributed by atoms with van der Waals surface area (Å²) in [6.07, 6.45) is 3.40. The van der Waals surface area contributed by atoms with Gasteiger partial charge in [-0.2, -0.15) is 0 Å². The second kappa shape index (κ2) is 3.72. The number of aromatic carboxylic acids is 1. The lowest BCUT2D eigenvalue weighted by Gasteiger charge is -2.01. The molecule has 0 radical (unpaired) electrons. The number of furan rings is 1. The van der Waals surface area contributed by atoms with Crippen molar-refractivity contribution in [1.29, 1.82) is 0 Å². The van der Waals surface area contributed by atoms with E-state index >= 15 is 0 Å². The molecule has 0 amide bonds. The minimum atomic E-state index is -0.885. The minimum Gasteiger partial charge on any atom is -0.478 e. The van der Waals surface area contributed by atoms with Gasteiger partial charge in [0.1, 0.15) is 17.1 Å². The van der Waals surface area contributed by atoms with Crippen LogP contribution in [0.25, 0.3) is 0 Å². The van der Waals surface area contributed by atoms with Crippen LogP contribution < -0.4 is 0 Å². The maximum absolute atomic E-state index is 11.0. The fourth-order valence-corrected chi connectivity index (χ4v) is 1.76. The second-order valence-electron chi connectivity index (χ2n) is 4.60. The Balaban J connectivity index is 2.25. The summed E-state index contributed by atoms with van der Waals surface area (Å²) in [7, 11) is 0. The maximum Gasteiger partial charge on any atom is 0.339 e. The summed E-state index contributed by atoms with van der Waals surface area (Å²) in [6.45, 7) is 3.90. The summed E-state index contributed by atoms with van der Waals surface area (Å²) in [6, 6.07) is 1.69. The molecule has 0 unspecified atom stereocenters. The first-order chi connectivity index (χ1) is 7.08. The van der Waals surface area contributed by atoms with Gasteiger partial charge in [-0.05, 0) is 24.8 Å². The van der Waals surface area contributed by atoms with Crippen LogP contribution in [0.5, 0.6) is 0 Å². The Morgan fingerprint density at radius 3 is 2.67 bits per heavy atom. The number of carbonyl (C=O) groups is 1. The molecule has 0 spiro atoms. The summed E-state index contributed by atoms with van der Waals surface area (Å²) in [4.78, 5) is 11.0. The molecule has 3 nitrogen and oxygen atoms in total. The van der Waals surface area contributed by atoms with Crippen molar-refractivity contribution >= 4 is 5.97 Å². The molecule has 0 bridgehead atoms. The van der Waals surface area contributed by atoms with E-state index in [9.17, 15) is 4.79 Å². The first-order valence-corrected chi connectivity index (χ1v) is 5.44. The van der Waals surface area contributed by atoms with E-state index in [2.05, 4.69) is 0 Å². The molecule has 15 heavy (non-hydrogen) atoms. The number of rotatable bonds is 4. The van der Waals surface area contributed by atoms with Crippen molar-refractivity contribution < 1.29 is 14.3 Å². The number of hydrogen-bond donors (Lipinski definition) is 1. The van der Waals surface area contributed by atoms with E-state index in [1.165, 1.54) is 12.8 Å². The molecule has 1 aromatic rings. The van der Waals surface area contributed by atoms with Crippen molar-refractivity contribution in [3.8, 4) is 0 Å². The molecule has 2 rings (SSSR count). The molecule has 1 aromatic heterocycles. The van der Waals surface area contributed by atoms with Gasteiger partial charge < -0.3 is 9.52 Å². The molecule has 0 aromatic carbocycles. The Labute approximate surface area is 89.1 Å². The average molecular weight is 208 g/mol. The van der Waals surface area contributed by atoms with Gasteiger partial charge in [0.25, 0.3) is 0 Å². The second-order valence-corrected chi connectivity index (χ2v) is 4.60. The summed E-state index contributed by atoms with van der Waals surface area (Å²) < 4.78 is 5.61. The first kappa shape index (κ1) is 10.3. The standard InChI is InChI=1S/C12H16O3/c1-7(2)11-10(12(13)14)6-9(15-11)5-8-3-4-8/h6-8H,3-5H2,1-2H3,(H,13,14). The molecular weight excluding hydrogens is 192 g/mol. The van der Waals surface area contributed by atoms with Crippen LogP contribution in [0, 0.1) is 5.92 Å². The summed E-state index contributed by atoms with van der Waals surface area (Å²) in [5.74, 6) is 1.41. The van der Waals surface area contributed by atoms with Crippen molar-refractivity contribution in [2.75, 3.05) is 0 Å². The maximum atomic E-state index is 11.0. The highest BCUT2D eigenvalue weighted by Crippen LogP contribution is 2.34. The molecule has 1 N–H and O–H groups in total. The van der Waals surface area contributed by atoms with Gasteiger partial charge in [-0.1, -0.05) is 13.8 Å². The van der Waals surface area contributed by atoms with Crippen molar-refractivity contribution in [3.63, 3.8) is 0 Å². The Bertz CT molecular complexity index is 372. The van der Waals surface area contributed by atoms with Crippen LogP contribution in [-0.4, -0.2) is 11.1 Å². The van der Waals surface area contributed by atoms with E-state index in [0.29, 0.717) is 11.3 Å². The zero-order valence-corrected chi connectivity index (χ0v) is 9.12. The normalized spacial score (nSPS) is 15.9. The SMILES string of the molecule is CC(C)c1oc(CC2CC2)cc1C(=O)O. The third-order valence-corrected chi connectivity index (χ3v) is 2.75. The van der Waals surface area contributed by atoms with Crippen LogP contribution in [-0.2, 0) is 6.42 Å². The Kier molecular flexibility index (Phi) is 2.55. The van der Waals surface area contributed by atoms with Crippen LogP contribution in [0.2, 0.25) is 0 Å². The van der Waals surface area contributed by atoms with Crippen LogP contribution in [0.1, 0.15) is 54.5 Å². The van der Waals surface area contributed by atoms with Gasteiger partial charge in [0.15, 0.2) is 0 Å². The monoisotopic (exact) mass is 208 g/mol. The van der Waals surface area contributed by atoms with Gasteiger partial charge in [0.05, 0.1) is 0 Å². The Morgan fingerprint density at radius 1 is 1.60 bits per heavy atom. The van der Waals surface area contributed by atoms with Crippen molar-refractivity contribution in [2.24, 2.45) is 5.92 Å². The van der Waals surface area contributed by atoms with E-state index < -0.39 is 5.97 Å². The molecular formula is C12H16O3. The lowest BCUT2D eigenvalue weighted by Crippen LogP contribution is -1.99. The molecule has 1 aliphatic carbocycles. The van der Waals surface area contributed by atoms with Crippen LogP contribution in [0.3, 0.4) is 0 Å². The molecule has 82 valence electrons. The summed E-state index contributed by atoms with van der Waals surface area (Å²) in [5, 5.41) is 9.02. The Morgan fingerprint density at radius 2 is 2.27 bits per heavy atom. The molecule has 0 atom stereocenters. The number of carboxylic acid groups (broad SMARTS) is 1. The van der Waals surface area contributed by atoms with E-state index in [1.807, 2.05) is 13.8 Å². The lowest BCUT2D eigenvalue weighted by atomic mass is 10.1. The zero-order chi connectivity index (χ0) is 11.0. The number of carboxylic acids is 1. The molecule has 1 aliphatic rings. The predicted molar refractivity (Wildman–Crippen MR) is 56.2 cm³/mol. The predicted octanol–water partition coefficient (Wildman–Crippen LogP) is 3.05.